The van der Waals surface area contributed by atoms with Crippen LogP contribution in [-0.4, -0.2) is 37.5 Å². The second-order valence-corrected chi connectivity index (χ2v) is 8.99. The van der Waals surface area contributed by atoms with E-state index in [1.807, 2.05) is 17.0 Å². The van der Waals surface area contributed by atoms with Crippen LogP contribution in [0.1, 0.15) is 15.9 Å². The Morgan fingerprint density at radius 1 is 1.15 bits per heavy atom. The van der Waals surface area contributed by atoms with E-state index in [9.17, 15) is 13.9 Å². The van der Waals surface area contributed by atoms with E-state index in [1.165, 1.54) is 12.1 Å². The molecule has 2 heterocycles. The van der Waals surface area contributed by atoms with Crippen molar-refractivity contribution < 1.29 is 19.0 Å². The highest BCUT2D eigenvalue weighted by molar-refractivity contribution is 8.24. The van der Waals surface area contributed by atoms with Gasteiger partial charge in [0.1, 0.15) is 5.82 Å². The van der Waals surface area contributed by atoms with E-state index in [4.69, 9.17) is 16.7 Å². The molecule has 140 valence electrons. The van der Waals surface area contributed by atoms with Gasteiger partial charge in [-0.05, 0) is 35.9 Å². The van der Waals surface area contributed by atoms with E-state index in [2.05, 4.69) is 4.98 Å². The number of hydrogen-bond acceptors (Lipinski definition) is 5. The molecule has 0 aliphatic carbocycles. The maximum atomic E-state index is 11.2. The largest absolute Gasteiger partial charge is 0.478 e. The number of benzene rings is 2. The highest BCUT2D eigenvalue weighted by Gasteiger charge is 2.26. The molecule has 6 nitrogen and oxygen atoms in total. The summed E-state index contributed by atoms with van der Waals surface area (Å²) in [7, 11) is -2.85. The van der Waals surface area contributed by atoms with Crippen LogP contribution >= 0.6 is 22.2 Å². The van der Waals surface area contributed by atoms with E-state index in [-0.39, 0.29) is 11.3 Å². The van der Waals surface area contributed by atoms with Crippen LogP contribution in [0.3, 0.4) is 0 Å². The average Bonchev–Trinajstić information content (AvgIpc) is 2.78. The number of pyridine rings is 1. The summed E-state index contributed by atoms with van der Waals surface area (Å²) in [5.41, 5.74) is 1.58. The normalized spacial score (nSPS) is 17.2. The molecule has 3 aromatic rings. The van der Waals surface area contributed by atoms with Crippen molar-refractivity contribution in [1.29, 1.82) is 0 Å². The van der Waals surface area contributed by atoms with Gasteiger partial charge in [0.25, 0.3) is 0 Å². The van der Waals surface area contributed by atoms with Gasteiger partial charge in [-0.2, -0.15) is 10.6 Å². The van der Waals surface area contributed by atoms with Crippen molar-refractivity contribution in [3.8, 4) is 0 Å². The van der Waals surface area contributed by atoms with Crippen molar-refractivity contribution in [2.24, 2.45) is 0 Å². The highest BCUT2D eigenvalue weighted by Crippen LogP contribution is 2.51. The minimum Gasteiger partial charge on any atom is -0.478 e. The molecule has 27 heavy (non-hydrogen) atoms. The molecule has 8 heteroatoms. The van der Waals surface area contributed by atoms with Gasteiger partial charge >= 0.3 is 5.97 Å². The molecule has 1 aliphatic heterocycles. The third-order valence-electron chi connectivity index (χ3n) is 4.65. The van der Waals surface area contributed by atoms with Crippen LogP contribution in [0.4, 0.5) is 5.82 Å². The fraction of sp³-hybridized carbons (Fsp3) is 0.158. The molecule has 0 bridgehead atoms. The van der Waals surface area contributed by atoms with E-state index < -0.39 is 16.6 Å². The van der Waals surface area contributed by atoms with Crippen molar-refractivity contribution in [2.75, 3.05) is 17.2 Å². The van der Waals surface area contributed by atoms with Crippen molar-refractivity contribution >= 4 is 44.9 Å². The standard InChI is InChI=1S/C19H17ClN2O4S/c20-15-10-18(21-16-6-5-12(19(23)24)9-14(15)16)22-7-8-27(25,26)17-4-2-1-3-13(17)11-22/h1-6,9-10,25-26H,7-8,11H2,(H,23,24). The van der Waals surface area contributed by atoms with E-state index >= 15 is 0 Å². The van der Waals surface area contributed by atoms with Gasteiger partial charge in [0.05, 0.1) is 26.8 Å². The van der Waals surface area contributed by atoms with Crippen LogP contribution in [0.25, 0.3) is 10.9 Å². The fourth-order valence-electron chi connectivity index (χ4n) is 3.25. The van der Waals surface area contributed by atoms with Crippen molar-refractivity contribution in [3.63, 3.8) is 0 Å². The molecule has 0 atom stereocenters. The summed E-state index contributed by atoms with van der Waals surface area (Å²) in [6.07, 6.45) is 0. The monoisotopic (exact) mass is 404 g/mol. The zero-order valence-electron chi connectivity index (χ0n) is 14.2. The molecule has 0 saturated heterocycles. The Morgan fingerprint density at radius 3 is 2.70 bits per heavy atom. The van der Waals surface area contributed by atoms with Gasteiger partial charge < -0.3 is 10.0 Å². The quantitative estimate of drug-likeness (QED) is 0.572. The van der Waals surface area contributed by atoms with E-state index in [1.54, 1.807) is 24.3 Å². The summed E-state index contributed by atoms with van der Waals surface area (Å²) in [5.74, 6) is -0.201. The molecule has 1 aromatic heterocycles. The zero-order chi connectivity index (χ0) is 19.2. The Hall–Kier alpha value is -2.32. The van der Waals surface area contributed by atoms with Crippen LogP contribution in [0, 0.1) is 0 Å². The van der Waals surface area contributed by atoms with Crippen LogP contribution in [-0.2, 0) is 6.54 Å². The zero-order valence-corrected chi connectivity index (χ0v) is 15.7. The average molecular weight is 405 g/mol. The molecule has 0 spiro atoms. The van der Waals surface area contributed by atoms with E-state index in [0.717, 1.165) is 5.56 Å². The Labute approximate surface area is 162 Å². The smallest absolute Gasteiger partial charge is 0.335 e. The molecule has 0 saturated carbocycles. The number of halogens is 1. The Bertz CT molecular complexity index is 1060. The SMILES string of the molecule is O=C(O)c1ccc2nc(N3CCS(O)(O)c4ccccc4C3)cc(Cl)c2c1. The number of aromatic nitrogens is 1. The second-order valence-electron chi connectivity index (χ2n) is 6.40. The van der Waals surface area contributed by atoms with Gasteiger partial charge in [-0.3, -0.25) is 9.11 Å². The van der Waals surface area contributed by atoms with Gasteiger partial charge in [-0.1, -0.05) is 29.8 Å². The number of anilines is 1. The Kier molecular flexibility index (Phi) is 4.47. The van der Waals surface area contributed by atoms with Crippen LogP contribution in [0.5, 0.6) is 0 Å². The number of nitrogens with zero attached hydrogens (tertiary/aromatic N) is 2. The van der Waals surface area contributed by atoms with Crippen molar-refractivity contribution in [3.05, 3.63) is 64.7 Å². The molecule has 0 unspecified atom stereocenters. The first-order valence-electron chi connectivity index (χ1n) is 8.27. The maximum Gasteiger partial charge on any atom is 0.335 e. The number of hydrogen-bond donors (Lipinski definition) is 3. The summed E-state index contributed by atoms with van der Waals surface area (Å²) < 4.78 is 21.0. The molecular formula is C19H17ClN2O4S. The number of carboxylic acid groups (broad SMARTS) is 1. The molecular weight excluding hydrogens is 388 g/mol. The predicted molar refractivity (Wildman–Crippen MR) is 107 cm³/mol. The molecule has 0 radical (unpaired) electrons. The summed E-state index contributed by atoms with van der Waals surface area (Å²) in [6.45, 7) is 0.896. The van der Waals surface area contributed by atoms with Gasteiger partial charge in [0.15, 0.2) is 0 Å². The maximum absolute atomic E-state index is 11.2. The number of carbonyl (C=O) groups is 1. The molecule has 1 aliphatic rings. The lowest BCUT2D eigenvalue weighted by Gasteiger charge is -2.32. The van der Waals surface area contributed by atoms with Gasteiger partial charge in [-0.25, -0.2) is 9.78 Å². The van der Waals surface area contributed by atoms with Crippen LogP contribution in [0.2, 0.25) is 5.02 Å². The lowest BCUT2D eigenvalue weighted by molar-refractivity contribution is 0.0697. The van der Waals surface area contributed by atoms with Gasteiger partial charge in [-0.15, -0.1) is 0 Å². The Balaban J connectivity index is 1.76. The number of carboxylic acids is 1. The Morgan fingerprint density at radius 2 is 1.93 bits per heavy atom. The summed E-state index contributed by atoms with van der Waals surface area (Å²) in [4.78, 5) is 18.3. The molecule has 3 N–H and O–H groups in total. The van der Waals surface area contributed by atoms with Crippen molar-refractivity contribution in [1.82, 2.24) is 4.98 Å². The highest BCUT2D eigenvalue weighted by atomic mass is 35.5. The van der Waals surface area contributed by atoms with Crippen molar-refractivity contribution in [2.45, 2.75) is 11.4 Å². The van der Waals surface area contributed by atoms with Gasteiger partial charge in [0.2, 0.25) is 0 Å². The first-order chi connectivity index (χ1) is 12.8. The predicted octanol–water partition coefficient (Wildman–Crippen LogP) is 4.72. The molecule has 2 aromatic carbocycles. The summed E-state index contributed by atoms with van der Waals surface area (Å²) in [5, 5.41) is 10.1. The fourth-order valence-corrected chi connectivity index (χ4v) is 5.04. The lowest BCUT2D eigenvalue weighted by Crippen LogP contribution is -2.26. The van der Waals surface area contributed by atoms with Crippen LogP contribution < -0.4 is 4.90 Å². The minimum absolute atomic E-state index is 0.150. The summed E-state index contributed by atoms with van der Waals surface area (Å²) >= 11 is 6.40. The van der Waals surface area contributed by atoms with E-state index in [0.29, 0.717) is 39.7 Å². The first-order valence-corrected chi connectivity index (χ1v) is 10.4. The number of aromatic carboxylic acids is 1. The number of rotatable bonds is 2. The topological polar surface area (TPSA) is 93.9 Å². The second kappa shape index (κ2) is 6.69. The third kappa shape index (κ3) is 3.35. The molecule has 0 fully saturated rings. The molecule has 4 rings (SSSR count). The number of fused-ring (bicyclic) bond motifs is 2. The molecule has 0 amide bonds. The lowest BCUT2D eigenvalue weighted by atomic mass is 10.1. The van der Waals surface area contributed by atoms with Gasteiger partial charge in [0, 0.05) is 18.5 Å². The summed E-state index contributed by atoms with van der Waals surface area (Å²) in [6, 6.07) is 13.6. The van der Waals surface area contributed by atoms with Crippen LogP contribution in [0.15, 0.2) is 53.4 Å². The first kappa shape index (κ1) is 18.1. The minimum atomic E-state index is -2.85. The third-order valence-corrected chi connectivity index (χ3v) is 6.81.